The summed E-state index contributed by atoms with van der Waals surface area (Å²) in [5, 5.41) is 0. The van der Waals surface area contributed by atoms with Crippen molar-refractivity contribution in [2.75, 3.05) is 0 Å². The molecule has 5 heteroatoms. The third-order valence-electron chi connectivity index (χ3n) is 1.43. The summed E-state index contributed by atoms with van der Waals surface area (Å²) in [5.74, 6) is -0.311. The van der Waals surface area contributed by atoms with Gasteiger partial charge in [-0.2, -0.15) is 8.42 Å². The maximum Gasteiger partial charge on any atom is 1.00 e. The van der Waals surface area contributed by atoms with Crippen molar-refractivity contribution in [3.8, 4) is 0 Å². The van der Waals surface area contributed by atoms with Crippen molar-refractivity contribution in [1.82, 2.24) is 0 Å². The predicted octanol–water partition coefficient (Wildman–Crippen LogP) is -1.61. The Kier molecular flexibility index (Phi) is 5.17. The largest absolute Gasteiger partial charge is 1.00 e. The number of aryl methyl sites for hydroxylation is 1. The Bertz CT molecular complexity index is 373. The Morgan fingerprint density at radius 3 is 2.46 bits per heavy atom. The molecule has 1 aromatic carbocycles. The van der Waals surface area contributed by atoms with Gasteiger partial charge in [-0.05, 0) is 12.5 Å². The monoisotopic (exact) mass is 209 g/mol. The zero-order chi connectivity index (χ0) is 9.19. The van der Waals surface area contributed by atoms with Crippen molar-refractivity contribution in [3.63, 3.8) is 0 Å². The fourth-order valence-electron chi connectivity index (χ4n) is 1.01. The van der Waals surface area contributed by atoms with Gasteiger partial charge in [-0.25, -0.2) is 0 Å². The Morgan fingerprint density at radius 2 is 2.00 bits per heavy atom. The topological polar surface area (TPSA) is 54.4 Å². The molecule has 0 aliphatic heterocycles. The smallest absolute Gasteiger partial charge is 0.285 e. The van der Waals surface area contributed by atoms with Crippen LogP contribution in [0.4, 0.5) is 0 Å². The molecule has 0 saturated carbocycles. The molecule has 0 aliphatic rings. The Labute approximate surface area is 100 Å². The van der Waals surface area contributed by atoms with E-state index in [1.165, 1.54) is 0 Å². The third-order valence-corrected chi connectivity index (χ3v) is 2.13. The van der Waals surface area contributed by atoms with Gasteiger partial charge in [0, 0.05) is 0 Å². The van der Waals surface area contributed by atoms with E-state index in [-0.39, 0.29) is 35.3 Å². The molecule has 0 amide bonds. The number of rotatable bonds is 2. The second-order valence-corrected chi connectivity index (χ2v) is 4.17. The number of benzene rings is 1. The van der Waals surface area contributed by atoms with Gasteiger partial charge in [-0.15, -0.1) is 0 Å². The first-order chi connectivity index (χ1) is 5.47. The molecule has 0 spiro atoms. The van der Waals surface area contributed by atoms with Crippen LogP contribution in [0, 0.1) is 6.92 Å². The van der Waals surface area contributed by atoms with Crippen LogP contribution in [0.3, 0.4) is 0 Å². The van der Waals surface area contributed by atoms with Gasteiger partial charge in [0.25, 0.3) is 10.1 Å². The van der Waals surface area contributed by atoms with Crippen LogP contribution in [-0.4, -0.2) is 13.0 Å². The van der Waals surface area contributed by atoms with Gasteiger partial charge in [-0.1, -0.05) is 29.8 Å². The van der Waals surface area contributed by atoms with Crippen LogP contribution in [0.1, 0.15) is 11.1 Å². The van der Waals surface area contributed by atoms with E-state index in [1.54, 1.807) is 18.2 Å². The predicted molar refractivity (Wildman–Crippen MR) is 46.4 cm³/mol. The molecule has 1 N–H and O–H groups in total. The molecular weight excluding hydrogens is 199 g/mol. The van der Waals surface area contributed by atoms with E-state index >= 15 is 0 Å². The molecule has 0 aliphatic carbocycles. The van der Waals surface area contributed by atoms with Gasteiger partial charge in [0.15, 0.2) is 0 Å². The Hall–Kier alpha value is 0.130. The van der Waals surface area contributed by atoms with Crippen LogP contribution >= 0.6 is 0 Å². The minimum Gasteiger partial charge on any atom is -0.285 e. The van der Waals surface area contributed by atoms with Gasteiger partial charge < -0.3 is 0 Å². The van der Waals surface area contributed by atoms with E-state index in [9.17, 15) is 8.42 Å². The van der Waals surface area contributed by atoms with Crippen molar-refractivity contribution in [2.24, 2.45) is 0 Å². The van der Waals surface area contributed by atoms with E-state index < -0.39 is 10.1 Å². The minimum atomic E-state index is -3.89. The van der Waals surface area contributed by atoms with E-state index in [1.807, 2.05) is 13.0 Å². The molecule has 0 fully saturated rings. The fraction of sp³-hybridized carbons (Fsp3) is 0.250. The molecule has 13 heavy (non-hydrogen) atoms. The molecule has 0 atom stereocenters. The minimum absolute atomic E-state index is 0. The first-order valence-corrected chi connectivity index (χ1v) is 5.09. The van der Waals surface area contributed by atoms with Crippen LogP contribution in [0.25, 0.3) is 0 Å². The number of hydrogen-bond donors (Lipinski definition) is 1. The van der Waals surface area contributed by atoms with Crippen molar-refractivity contribution in [3.05, 3.63) is 35.4 Å². The molecule has 66 valence electrons. The van der Waals surface area contributed by atoms with Crippen molar-refractivity contribution in [1.29, 1.82) is 0 Å². The van der Waals surface area contributed by atoms with E-state index in [4.69, 9.17) is 4.55 Å². The maximum absolute atomic E-state index is 10.5. The Balaban J connectivity index is 0.00000144. The van der Waals surface area contributed by atoms with Crippen LogP contribution in [0.5, 0.6) is 0 Å². The van der Waals surface area contributed by atoms with Gasteiger partial charge in [-0.3, -0.25) is 4.55 Å². The summed E-state index contributed by atoms with van der Waals surface area (Å²) < 4.78 is 29.5. The molecule has 0 saturated heterocycles. The zero-order valence-electron chi connectivity index (χ0n) is 7.69. The van der Waals surface area contributed by atoms with Crippen LogP contribution < -0.4 is 29.6 Å². The summed E-state index contributed by atoms with van der Waals surface area (Å²) in [7, 11) is -3.89. The summed E-state index contributed by atoms with van der Waals surface area (Å²) in [6, 6.07) is 7.03. The molecule has 3 nitrogen and oxygen atoms in total. The average molecular weight is 209 g/mol. The van der Waals surface area contributed by atoms with Gasteiger partial charge >= 0.3 is 29.6 Å². The molecule has 1 aromatic rings. The summed E-state index contributed by atoms with van der Waals surface area (Å²) in [4.78, 5) is 0. The van der Waals surface area contributed by atoms with E-state index in [0.29, 0.717) is 5.56 Å². The standard InChI is InChI=1S/C8H10O3S.Na/c1-7-3-2-4-8(5-7)6-12(9,10)11;/h2-5H,6H2,1H3,(H,9,10,11);/q;+1. The number of hydrogen-bond acceptors (Lipinski definition) is 2. The SMILES string of the molecule is Cc1cccc(CS(=O)(=O)O)c1.[Na+]. The molecule has 0 aromatic heterocycles. The van der Waals surface area contributed by atoms with Crippen LogP contribution in [0.2, 0.25) is 0 Å². The van der Waals surface area contributed by atoms with Crippen molar-refractivity contribution >= 4 is 10.1 Å². The summed E-state index contributed by atoms with van der Waals surface area (Å²) in [6.45, 7) is 1.87. The molecule has 0 radical (unpaired) electrons. The zero-order valence-corrected chi connectivity index (χ0v) is 10.5. The first kappa shape index (κ1) is 13.1. The second-order valence-electron chi connectivity index (χ2n) is 2.72. The van der Waals surface area contributed by atoms with E-state index in [0.717, 1.165) is 5.56 Å². The summed E-state index contributed by atoms with van der Waals surface area (Å²) in [5.41, 5.74) is 1.59. The van der Waals surface area contributed by atoms with Crippen LogP contribution in [0.15, 0.2) is 24.3 Å². The van der Waals surface area contributed by atoms with E-state index in [2.05, 4.69) is 0 Å². The summed E-state index contributed by atoms with van der Waals surface area (Å²) in [6.07, 6.45) is 0. The van der Waals surface area contributed by atoms with Gasteiger partial charge in [0.1, 0.15) is 5.75 Å². The molecule has 0 heterocycles. The van der Waals surface area contributed by atoms with Crippen LogP contribution in [-0.2, 0) is 15.9 Å². The maximum atomic E-state index is 10.5. The second kappa shape index (κ2) is 5.12. The third kappa shape index (κ3) is 5.44. The molecular formula is C8H10NaO3S+. The molecule has 0 bridgehead atoms. The normalized spacial score (nSPS) is 10.6. The molecule has 1 rings (SSSR count). The Morgan fingerprint density at radius 1 is 1.38 bits per heavy atom. The van der Waals surface area contributed by atoms with Gasteiger partial charge in [0.2, 0.25) is 0 Å². The molecule has 0 unspecified atom stereocenters. The fourth-order valence-corrected chi connectivity index (χ4v) is 1.61. The van der Waals surface area contributed by atoms with Gasteiger partial charge in [0.05, 0.1) is 0 Å². The first-order valence-electron chi connectivity index (χ1n) is 3.48. The van der Waals surface area contributed by atoms with Crippen molar-refractivity contribution in [2.45, 2.75) is 12.7 Å². The summed E-state index contributed by atoms with van der Waals surface area (Å²) >= 11 is 0. The quantitative estimate of drug-likeness (QED) is 0.471. The average Bonchev–Trinajstić information content (AvgIpc) is 1.82. The van der Waals surface area contributed by atoms with Crippen molar-refractivity contribution < 1.29 is 42.5 Å².